The van der Waals surface area contributed by atoms with Crippen LogP contribution in [0.15, 0.2) is 24.3 Å². The zero-order valence-electron chi connectivity index (χ0n) is 11.9. The second-order valence-corrected chi connectivity index (χ2v) is 6.31. The topological polar surface area (TPSA) is 26.0 Å². The maximum Gasteiger partial charge on any atom is 0.0412 e. The number of aryl methyl sites for hydroxylation is 1. The molecule has 2 rings (SSSR count). The summed E-state index contributed by atoms with van der Waals surface area (Å²) < 4.78 is 0. The molecule has 2 N–H and O–H groups in total. The number of fused-ring (bicyclic) bond motifs is 1. The van der Waals surface area contributed by atoms with Gasteiger partial charge in [-0.3, -0.25) is 0 Å². The summed E-state index contributed by atoms with van der Waals surface area (Å²) in [5.41, 5.74) is 9.60. The second kappa shape index (κ2) is 5.88. The molecule has 0 saturated carbocycles. The number of hydrogen-bond donors (Lipinski definition) is 1. The third-order valence-corrected chi connectivity index (χ3v) is 4.28. The summed E-state index contributed by atoms with van der Waals surface area (Å²) in [6, 6.07) is 8.83. The van der Waals surface area contributed by atoms with Crippen LogP contribution in [0.2, 0.25) is 0 Å². The van der Waals surface area contributed by atoms with Crippen molar-refractivity contribution in [2.45, 2.75) is 64.3 Å². The van der Waals surface area contributed by atoms with Gasteiger partial charge in [-0.1, -0.05) is 57.4 Å². The Hall–Kier alpha value is -0.820. The Kier molecular flexibility index (Phi) is 4.45. The van der Waals surface area contributed by atoms with Crippen molar-refractivity contribution in [1.29, 1.82) is 0 Å². The lowest BCUT2D eigenvalue weighted by Crippen LogP contribution is -2.36. The van der Waals surface area contributed by atoms with Crippen molar-refractivity contribution >= 4 is 0 Å². The van der Waals surface area contributed by atoms with Crippen LogP contribution in [0.3, 0.4) is 0 Å². The maximum atomic E-state index is 6.76. The summed E-state index contributed by atoms with van der Waals surface area (Å²) in [7, 11) is 0. The van der Waals surface area contributed by atoms with Crippen molar-refractivity contribution in [3.05, 3.63) is 35.4 Å². The van der Waals surface area contributed by atoms with Crippen LogP contribution in [0.4, 0.5) is 0 Å². The largest absolute Gasteiger partial charge is 0.321 e. The molecular formula is C17H27N. The van der Waals surface area contributed by atoms with Crippen molar-refractivity contribution < 1.29 is 0 Å². The van der Waals surface area contributed by atoms with Crippen LogP contribution in [0, 0.1) is 5.92 Å². The van der Waals surface area contributed by atoms with E-state index in [-0.39, 0.29) is 5.54 Å². The highest BCUT2D eigenvalue weighted by atomic mass is 14.7. The van der Waals surface area contributed by atoms with Crippen LogP contribution in [-0.4, -0.2) is 0 Å². The quantitative estimate of drug-likeness (QED) is 0.782. The number of rotatable bonds is 4. The van der Waals surface area contributed by atoms with Crippen LogP contribution in [0.5, 0.6) is 0 Å². The third-order valence-electron chi connectivity index (χ3n) is 4.28. The predicted molar refractivity (Wildman–Crippen MR) is 78.6 cm³/mol. The van der Waals surface area contributed by atoms with Crippen molar-refractivity contribution in [2.75, 3.05) is 0 Å². The molecule has 1 aromatic carbocycles. The smallest absolute Gasteiger partial charge is 0.0412 e. The minimum atomic E-state index is -0.0675. The number of hydrogen-bond acceptors (Lipinski definition) is 1. The van der Waals surface area contributed by atoms with Gasteiger partial charge in [0, 0.05) is 5.54 Å². The predicted octanol–water partition coefficient (Wildman–Crippen LogP) is 4.39. The molecule has 18 heavy (non-hydrogen) atoms. The Morgan fingerprint density at radius 1 is 1.22 bits per heavy atom. The summed E-state index contributed by atoms with van der Waals surface area (Å²) in [6.07, 6.45) is 8.61. The first-order chi connectivity index (χ1) is 8.62. The van der Waals surface area contributed by atoms with Gasteiger partial charge in [0.15, 0.2) is 0 Å². The molecule has 0 heterocycles. The fourth-order valence-electron chi connectivity index (χ4n) is 3.20. The lowest BCUT2D eigenvalue weighted by atomic mass is 9.81. The third kappa shape index (κ3) is 3.14. The zero-order chi connectivity index (χ0) is 13.0. The Balaban J connectivity index is 2.15. The highest BCUT2D eigenvalue weighted by Gasteiger charge is 2.30. The Morgan fingerprint density at radius 3 is 2.78 bits per heavy atom. The summed E-state index contributed by atoms with van der Waals surface area (Å²) in [5.74, 6) is 0.787. The maximum absolute atomic E-state index is 6.76. The van der Waals surface area contributed by atoms with Gasteiger partial charge in [-0.25, -0.2) is 0 Å². The standard InChI is InChI=1S/C17H27N/c1-14(2)8-7-13-17(18)12-6-5-10-15-9-3-4-11-16(15)17/h3-4,9,11,14H,5-8,10,12-13,18H2,1-2H3. The first-order valence-corrected chi connectivity index (χ1v) is 7.49. The van der Waals surface area contributed by atoms with E-state index in [0.29, 0.717) is 0 Å². The van der Waals surface area contributed by atoms with Crippen molar-refractivity contribution in [1.82, 2.24) is 0 Å². The molecule has 1 nitrogen and oxygen atoms in total. The van der Waals surface area contributed by atoms with E-state index in [0.717, 1.165) is 18.8 Å². The highest BCUT2D eigenvalue weighted by molar-refractivity contribution is 5.34. The molecule has 0 aromatic heterocycles. The molecule has 1 aliphatic rings. The summed E-state index contributed by atoms with van der Waals surface area (Å²) >= 11 is 0. The molecule has 100 valence electrons. The summed E-state index contributed by atoms with van der Waals surface area (Å²) in [4.78, 5) is 0. The van der Waals surface area contributed by atoms with Crippen molar-refractivity contribution in [2.24, 2.45) is 11.7 Å². The average Bonchev–Trinajstić information content (AvgIpc) is 2.50. The van der Waals surface area contributed by atoms with Crippen molar-refractivity contribution in [3.63, 3.8) is 0 Å². The monoisotopic (exact) mass is 245 g/mol. The second-order valence-electron chi connectivity index (χ2n) is 6.31. The summed E-state index contributed by atoms with van der Waals surface area (Å²) in [5, 5.41) is 0. The van der Waals surface area contributed by atoms with Crippen LogP contribution in [-0.2, 0) is 12.0 Å². The van der Waals surface area contributed by atoms with E-state index in [1.54, 1.807) is 0 Å². The molecular weight excluding hydrogens is 218 g/mol. The molecule has 0 radical (unpaired) electrons. The lowest BCUT2D eigenvalue weighted by Gasteiger charge is -2.31. The molecule has 1 aliphatic carbocycles. The van der Waals surface area contributed by atoms with Gasteiger partial charge in [0.1, 0.15) is 0 Å². The minimum Gasteiger partial charge on any atom is -0.321 e. The molecule has 0 fully saturated rings. The van der Waals surface area contributed by atoms with Gasteiger partial charge >= 0.3 is 0 Å². The van der Waals surface area contributed by atoms with E-state index in [2.05, 4.69) is 38.1 Å². The molecule has 1 atom stereocenters. The molecule has 0 aliphatic heterocycles. The number of benzene rings is 1. The molecule has 0 amide bonds. The van der Waals surface area contributed by atoms with Crippen LogP contribution >= 0.6 is 0 Å². The summed E-state index contributed by atoms with van der Waals surface area (Å²) in [6.45, 7) is 4.59. The average molecular weight is 245 g/mol. The van der Waals surface area contributed by atoms with Gasteiger partial charge in [-0.2, -0.15) is 0 Å². The molecule has 1 unspecified atom stereocenters. The Bertz CT molecular complexity index is 383. The first kappa shape index (κ1) is 13.6. The Labute approximate surface area is 112 Å². The molecule has 1 heteroatoms. The van der Waals surface area contributed by atoms with Gasteiger partial charge in [-0.05, 0) is 42.7 Å². The molecule has 0 spiro atoms. The minimum absolute atomic E-state index is 0.0675. The first-order valence-electron chi connectivity index (χ1n) is 7.49. The SMILES string of the molecule is CC(C)CCCC1(N)CCCCc2ccccc21. The van der Waals surface area contributed by atoms with Crippen LogP contribution < -0.4 is 5.73 Å². The van der Waals surface area contributed by atoms with E-state index in [1.807, 2.05) is 0 Å². The van der Waals surface area contributed by atoms with Crippen molar-refractivity contribution in [3.8, 4) is 0 Å². The highest BCUT2D eigenvalue weighted by Crippen LogP contribution is 2.36. The van der Waals surface area contributed by atoms with E-state index >= 15 is 0 Å². The van der Waals surface area contributed by atoms with Crippen LogP contribution in [0.25, 0.3) is 0 Å². The fourth-order valence-corrected chi connectivity index (χ4v) is 3.20. The molecule has 0 bridgehead atoms. The van der Waals surface area contributed by atoms with E-state index in [4.69, 9.17) is 5.73 Å². The zero-order valence-corrected chi connectivity index (χ0v) is 11.9. The lowest BCUT2D eigenvalue weighted by molar-refractivity contribution is 0.346. The number of nitrogens with two attached hydrogens (primary N) is 1. The van der Waals surface area contributed by atoms with E-state index in [9.17, 15) is 0 Å². The van der Waals surface area contributed by atoms with E-state index in [1.165, 1.54) is 43.2 Å². The Morgan fingerprint density at radius 2 is 2.00 bits per heavy atom. The van der Waals surface area contributed by atoms with E-state index < -0.39 is 0 Å². The van der Waals surface area contributed by atoms with Gasteiger partial charge in [0.2, 0.25) is 0 Å². The fraction of sp³-hybridized carbons (Fsp3) is 0.647. The van der Waals surface area contributed by atoms with Gasteiger partial charge in [0.25, 0.3) is 0 Å². The van der Waals surface area contributed by atoms with Gasteiger partial charge in [0.05, 0.1) is 0 Å². The normalized spacial score (nSPS) is 23.8. The molecule has 1 aromatic rings. The molecule has 0 saturated heterocycles. The van der Waals surface area contributed by atoms with Gasteiger partial charge in [-0.15, -0.1) is 0 Å². The van der Waals surface area contributed by atoms with Gasteiger partial charge < -0.3 is 5.73 Å². The van der Waals surface area contributed by atoms with Crippen LogP contribution in [0.1, 0.15) is 63.5 Å².